The van der Waals surface area contributed by atoms with Crippen molar-refractivity contribution >= 4 is 27.3 Å². The average molecular weight is 616 g/mol. The zero-order chi connectivity index (χ0) is 30.5. The number of carbonyl (C=O) groups is 2. The second-order valence-corrected chi connectivity index (χ2v) is 15.3. The number of ether oxygens (including phenoxy) is 1. The molecule has 12 heteroatoms. The molecule has 43 heavy (non-hydrogen) atoms. The number of hydrogen-bond donors (Lipinski definition) is 3. The number of fused-ring (bicyclic) bond motifs is 3. The predicted octanol–water partition coefficient (Wildman–Crippen LogP) is 3.28. The molecule has 1 saturated carbocycles. The van der Waals surface area contributed by atoms with Crippen molar-refractivity contribution in [2.75, 3.05) is 37.2 Å². The molecule has 1 aliphatic carbocycles. The van der Waals surface area contributed by atoms with E-state index in [9.17, 15) is 18.0 Å². The van der Waals surface area contributed by atoms with Gasteiger partial charge < -0.3 is 30.6 Å². The van der Waals surface area contributed by atoms with Gasteiger partial charge in [0.2, 0.25) is 5.91 Å². The number of aromatic nitrogens is 1. The Balaban J connectivity index is 1.23. The van der Waals surface area contributed by atoms with E-state index in [-0.39, 0.29) is 48.1 Å². The van der Waals surface area contributed by atoms with Gasteiger partial charge in [0.1, 0.15) is 5.82 Å². The number of nitrogens with one attached hydrogen (secondary N) is 2. The molecule has 4 N–H and O–H groups in total. The second kappa shape index (κ2) is 11.5. The van der Waals surface area contributed by atoms with E-state index in [1.54, 1.807) is 10.6 Å². The normalized spacial score (nSPS) is 24.3. The first kappa shape index (κ1) is 30.1. The Labute approximate surface area is 252 Å². The molecule has 3 aliphatic heterocycles. The summed E-state index contributed by atoms with van der Waals surface area (Å²) in [5.74, 6) is -1.62. The fourth-order valence-corrected chi connectivity index (χ4v) is 9.83. The zero-order valence-corrected chi connectivity index (χ0v) is 25.8. The molecular weight excluding hydrogens is 573 g/mol. The maximum atomic E-state index is 15.6. The van der Waals surface area contributed by atoms with Gasteiger partial charge in [-0.05, 0) is 75.6 Å². The van der Waals surface area contributed by atoms with Crippen molar-refractivity contribution in [1.29, 1.82) is 0 Å². The minimum atomic E-state index is -3.57. The molecule has 2 fully saturated rings. The minimum Gasteiger partial charge on any atom is -0.382 e. The summed E-state index contributed by atoms with van der Waals surface area (Å²) >= 11 is 0. The maximum absolute atomic E-state index is 15.6. The van der Waals surface area contributed by atoms with E-state index in [0.29, 0.717) is 66.2 Å². The quantitative estimate of drug-likeness (QED) is 0.415. The number of likely N-dealkylation sites (tertiary alicyclic amines) is 1. The Morgan fingerprint density at radius 3 is 2.51 bits per heavy atom. The van der Waals surface area contributed by atoms with Crippen LogP contribution in [0.2, 0.25) is 0 Å². The van der Waals surface area contributed by atoms with Crippen LogP contribution in [0, 0.1) is 17.2 Å². The van der Waals surface area contributed by atoms with Gasteiger partial charge in [-0.2, -0.15) is 0 Å². The summed E-state index contributed by atoms with van der Waals surface area (Å²) in [5, 5.41) is 6.44. The van der Waals surface area contributed by atoms with E-state index in [2.05, 4.69) is 15.5 Å². The molecule has 1 aromatic heterocycles. The number of benzene rings is 1. The summed E-state index contributed by atoms with van der Waals surface area (Å²) in [6.07, 6.45) is 5.68. The Morgan fingerprint density at radius 1 is 1.09 bits per heavy atom. The average Bonchev–Trinajstić information content (AvgIpc) is 3.65. The van der Waals surface area contributed by atoms with Crippen LogP contribution in [-0.2, 0) is 39.0 Å². The number of carbonyl (C=O) groups excluding carboxylic acids is 2. The lowest BCUT2D eigenvalue weighted by atomic mass is 9.85. The van der Waals surface area contributed by atoms with Gasteiger partial charge in [-0.3, -0.25) is 9.59 Å². The number of hydrogen-bond acceptors (Lipinski definition) is 7. The van der Waals surface area contributed by atoms with Crippen molar-refractivity contribution < 1.29 is 27.1 Å². The van der Waals surface area contributed by atoms with E-state index in [1.165, 1.54) is 18.9 Å². The van der Waals surface area contributed by atoms with E-state index in [1.807, 2.05) is 13.8 Å². The molecule has 234 valence electrons. The molecule has 1 saturated heterocycles. The molecule has 4 aliphatic rings. The highest BCUT2D eigenvalue weighted by atomic mass is 32.2. The third kappa shape index (κ3) is 5.93. The topological polar surface area (TPSA) is 136 Å². The summed E-state index contributed by atoms with van der Waals surface area (Å²) in [5.41, 5.74) is 7.55. The molecule has 1 aromatic carbocycles. The standard InChI is InChI=1S/C31H42FN5O5S/c1-31(2)15-25-28(43(40,41)18-31)22-16-42-17-26(22)37(25)21-13-23(32)27(29(33)38)24(14-21)35-20-7-5-19(6-8-20)30(39)34-9-12-36-10-3-4-11-36/h13-14,19-20,35H,3-12,15-18H2,1-2H3,(H2,33,38)(H,34,39). The number of nitrogens with zero attached hydrogens (tertiary/aromatic N) is 2. The number of rotatable bonds is 8. The van der Waals surface area contributed by atoms with Gasteiger partial charge in [0, 0.05) is 36.3 Å². The first-order chi connectivity index (χ1) is 20.4. The van der Waals surface area contributed by atoms with Crippen molar-refractivity contribution in [3.63, 3.8) is 0 Å². The molecular formula is C31H42FN5O5S. The number of halogens is 1. The van der Waals surface area contributed by atoms with Crippen LogP contribution >= 0.6 is 0 Å². The van der Waals surface area contributed by atoms with Crippen molar-refractivity contribution in [3.8, 4) is 5.69 Å². The van der Waals surface area contributed by atoms with Crippen LogP contribution in [0.3, 0.4) is 0 Å². The van der Waals surface area contributed by atoms with Gasteiger partial charge in [0.15, 0.2) is 9.84 Å². The van der Waals surface area contributed by atoms with Crippen molar-refractivity contribution in [2.24, 2.45) is 17.1 Å². The van der Waals surface area contributed by atoms with Crippen molar-refractivity contribution in [1.82, 2.24) is 14.8 Å². The van der Waals surface area contributed by atoms with Crippen LogP contribution in [0.25, 0.3) is 5.69 Å². The smallest absolute Gasteiger partial charge is 0.253 e. The number of amides is 2. The van der Waals surface area contributed by atoms with Gasteiger partial charge in [-0.15, -0.1) is 0 Å². The predicted molar refractivity (Wildman–Crippen MR) is 160 cm³/mol. The molecule has 0 radical (unpaired) electrons. The number of primary amides is 1. The van der Waals surface area contributed by atoms with E-state index >= 15 is 4.39 Å². The summed E-state index contributed by atoms with van der Waals surface area (Å²) in [6.45, 7) is 7.96. The van der Waals surface area contributed by atoms with E-state index < -0.39 is 27.0 Å². The lowest BCUT2D eigenvalue weighted by Crippen LogP contribution is -2.39. The first-order valence-corrected chi connectivity index (χ1v) is 17.0. The SMILES string of the molecule is CC1(C)Cc2c(c3c(n2-c2cc(F)c(C(N)=O)c(NC4CCC(C(=O)NCCN5CCCC5)CC4)c2)COC3)S(=O)(=O)C1. The highest BCUT2D eigenvalue weighted by molar-refractivity contribution is 7.91. The van der Waals surface area contributed by atoms with Crippen molar-refractivity contribution in [2.45, 2.75) is 82.9 Å². The Morgan fingerprint density at radius 2 is 1.81 bits per heavy atom. The number of anilines is 1. The zero-order valence-electron chi connectivity index (χ0n) is 25.0. The molecule has 4 heterocycles. The van der Waals surface area contributed by atoms with Crippen LogP contribution in [0.15, 0.2) is 17.0 Å². The summed E-state index contributed by atoms with van der Waals surface area (Å²) < 4.78 is 49.8. The Kier molecular flexibility index (Phi) is 8.06. The molecule has 2 aromatic rings. The monoisotopic (exact) mass is 615 g/mol. The van der Waals surface area contributed by atoms with Crippen LogP contribution in [-0.4, -0.2) is 67.7 Å². The van der Waals surface area contributed by atoms with Gasteiger partial charge in [0.05, 0.1) is 46.5 Å². The molecule has 0 spiro atoms. The molecule has 0 atom stereocenters. The molecule has 6 rings (SSSR count). The highest BCUT2D eigenvalue weighted by Gasteiger charge is 2.43. The van der Waals surface area contributed by atoms with Gasteiger partial charge in [-0.25, -0.2) is 12.8 Å². The summed E-state index contributed by atoms with van der Waals surface area (Å²) in [4.78, 5) is 27.8. The van der Waals surface area contributed by atoms with Gasteiger partial charge >= 0.3 is 0 Å². The molecule has 0 unspecified atom stereocenters. The summed E-state index contributed by atoms with van der Waals surface area (Å²) in [6, 6.07) is 2.86. The fourth-order valence-electron chi connectivity index (χ4n) is 7.48. The third-order valence-electron chi connectivity index (χ3n) is 9.41. The first-order valence-electron chi connectivity index (χ1n) is 15.4. The lowest BCUT2D eigenvalue weighted by molar-refractivity contribution is -0.126. The van der Waals surface area contributed by atoms with Crippen LogP contribution in [0.1, 0.15) is 79.7 Å². The van der Waals surface area contributed by atoms with Crippen LogP contribution in [0.5, 0.6) is 0 Å². The minimum absolute atomic E-state index is 0.0321. The lowest BCUT2D eigenvalue weighted by Gasteiger charge is -2.31. The van der Waals surface area contributed by atoms with E-state index in [4.69, 9.17) is 10.5 Å². The third-order valence-corrected chi connectivity index (χ3v) is 11.7. The molecule has 0 bridgehead atoms. The fraction of sp³-hybridized carbons (Fsp3) is 0.613. The second-order valence-electron chi connectivity index (χ2n) is 13.4. The van der Waals surface area contributed by atoms with Crippen LogP contribution in [0.4, 0.5) is 10.1 Å². The number of sulfone groups is 1. The number of nitrogens with two attached hydrogens (primary N) is 1. The Bertz CT molecular complexity index is 1540. The van der Waals surface area contributed by atoms with Gasteiger partial charge in [-0.1, -0.05) is 13.8 Å². The largest absolute Gasteiger partial charge is 0.382 e. The highest BCUT2D eigenvalue weighted by Crippen LogP contribution is 2.44. The van der Waals surface area contributed by atoms with Crippen LogP contribution < -0.4 is 16.4 Å². The molecule has 2 amide bonds. The Hall–Kier alpha value is -2.96. The maximum Gasteiger partial charge on any atom is 0.253 e. The summed E-state index contributed by atoms with van der Waals surface area (Å²) in [7, 11) is -3.57. The van der Waals surface area contributed by atoms with Crippen molar-refractivity contribution in [3.05, 3.63) is 40.5 Å². The van der Waals surface area contributed by atoms with Gasteiger partial charge in [0.25, 0.3) is 5.91 Å². The molecule has 10 nitrogen and oxygen atoms in total. The van der Waals surface area contributed by atoms with E-state index in [0.717, 1.165) is 19.6 Å².